The van der Waals surface area contributed by atoms with Gasteiger partial charge >= 0.3 is 0 Å². The monoisotopic (exact) mass is 326 g/mol. The number of hydrogen-bond donors (Lipinski definition) is 2. The first-order valence-electron chi connectivity index (χ1n) is 7.76. The van der Waals surface area contributed by atoms with Crippen molar-refractivity contribution in [2.45, 2.75) is 19.9 Å². The van der Waals surface area contributed by atoms with Crippen LogP contribution in [0.1, 0.15) is 23.9 Å². The zero-order chi connectivity index (χ0) is 16.9. The van der Waals surface area contributed by atoms with Gasteiger partial charge in [0.05, 0.1) is 17.3 Å². The molecular formula is C17H18N4O3. The molecule has 0 fully saturated rings. The van der Waals surface area contributed by atoms with E-state index in [1.807, 2.05) is 35.8 Å². The summed E-state index contributed by atoms with van der Waals surface area (Å²) in [4.78, 5) is 28.2. The van der Waals surface area contributed by atoms with Gasteiger partial charge in [-0.15, -0.1) is 0 Å². The number of fused-ring (bicyclic) bond motifs is 1. The van der Waals surface area contributed by atoms with E-state index in [1.54, 1.807) is 12.1 Å². The molecule has 24 heavy (non-hydrogen) atoms. The Kier molecular flexibility index (Phi) is 4.60. The SMILES string of the molecule is CCn1c(NC(=O)CCNC(=O)c2ccco2)nc2ccccc21. The summed E-state index contributed by atoms with van der Waals surface area (Å²) in [7, 11) is 0. The first-order valence-corrected chi connectivity index (χ1v) is 7.76. The van der Waals surface area contributed by atoms with Crippen molar-refractivity contribution in [1.29, 1.82) is 0 Å². The average Bonchev–Trinajstić information content (AvgIpc) is 3.22. The molecule has 2 aromatic heterocycles. The molecule has 7 heteroatoms. The number of furan rings is 1. The summed E-state index contributed by atoms with van der Waals surface area (Å²) >= 11 is 0. The third-order valence-electron chi connectivity index (χ3n) is 3.60. The average molecular weight is 326 g/mol. The molecule has 0 saturated heterocycles. The van der Waals surface area contributed by atoms with Gasteiger partial charge in [-0.2, -0.15) is 0 Å². The fourth-order valence-electron chi connectivity index (χ4n) is 2.46. The number of aromatic nitrogens is 2. The van der Waals surface area contributed by atoms with Crippen LogP contribution in [0.5, 0.6) is 0 Å². The Morgan fingerprint density at radius 3 is 2.79 bits per heavy atom. The summed E-state index contributed by atoms with van der Waals surface area (Å²) < 4.78 is 6.93. The molecule has 0 spiro atoms. The van der Waals surface area contributed by atoms with Gasteiger partial charge in [0.1, 0.15) is 0 Å². The summed E-state index contributed by atoms with van der Waals surface area (Å²) in [6, 6.07) is 10.9. The van der Waals surface area contributed by atoms with Crippen molar-refractivity contribution in [2.75, 3.05) is 11.9 Å². The van der Waals surface area contributed by atoms with Crippen LogP contribution in [0.4, 0.5) is 5.95 Å². The van der Waals surface area contributed by atoms with E-state index in [9.17, 15) is 9.59 Å². The van der Waals surface area contributed by atoms with Crippen LogP contribution in [-0.2, 0) is 11.3 Å². The molecule has 2 heterocycles. The van der Waals surface area contributed by atoms with Crippen LogP contribution in [-0.4, -0.2) is 27.9 Å². The zero-order valence-electron chi connectivity index (χ0n) is 13.3. The third-order valence-corrected chi connectivity index (χ3v) is 3.60. The van der Waals surface area contributed by atoms with Crippen molar-refractivity contribution in [1.82, 2.24) is 14.9 Å². The fourth-order valence-corrected chi connectivity index (χ4v) is 2.46. The highest BCUT2D eigenvalue weighted by Gasteiger charge is 2.13. The number of nitrogens with zero attached hydrogens (tertiary/aromatic N) is 2. The highest BCUT2D eigenvalue weighted by atomic mass is 16.3. The number of amides is 2. The number of anilines is 1. The summed E-state index contributed by atoms with van der Waals surface area (Å²) in [5.41, 5.74) is 1.81. The van der Waals surface area contributed by atoms with Crippen molar-refractivity contribution in [3.63, 3.8) is 0 Å². The molecule has 0 aliphatic carbocycles. The standard InChI is InChI=1S/C17H18N4O3/c1-2-21-13-7-4-3-6-12(13)19-17(21)20-15(22)9-10-18-16(23)14-8-5-11-24-14/h3-8,11H,2,9-10H2,1H3,(H,18,23)(H,19,20,22). The Bertz CT molecular complexity index is 852. The van der Waals surface area contributed by atoms with E-state index >= 15 is 0 Å². The number of para-hydroxylation sites is 2. The lowest BCUT2D eigenvalue weighted by Crippen LogP contribution is -2.27. The second-order valence-electron chi connectivity index (χ2n) is 5.20. The van der Waals surface area contributed by atoms with E-state index in [2.05, 4.69) is 15.6 Å². The molecule has 0 atom stereocenters. The quantitative estimate of drug-likeness (QED) is 0.728. The van der Waals surface area contributed by atoms with Gasteiger partial charge in [-0.1, -0.05) is 12.1 Å². The Morgan fingerprint density at radius 2 is 2.04 bits per heavy atom. The smallest absolute Gasteiger partial charge is 0.286 e. The predicted octanol–water partition coefficient (Wildman–Crippen LogP) is 2.41. The summed E-state index contributed by atoms with van der Waals surface area (Å²) in [6.07, 6.45) is 1.58. The molecule has 2 N–H and O–H groups in total. The molecule has 2 amide bonds. The Balaban J connectivity index is 1.58. The Morgan fingerprint density at radius 1 is 1.21 bits per heavy atom. The second kappa shape index (κ2) is 6.99. The van der Waals surface area contributed by atoms with Gasteiger partial charge in [-0.3, -0.25) is 14.9 Å². The van der Waals surface area contributed by atoms with Crippen LogP contribution >= 0.6 is 0 Å². The van der Waals surface area contributed by atoms with E-state index in [0.29, 0.717) is 12.5 Å². The first-order chi connectivity index (χ1) is 11.7. The molecule has 0 radical (unpaired) electrons. The minimum Gasteiger partial charge on any atom is -0.459 e. The van der Waals surface area contributed by atoms with E-state index in [4.69, 9.17) is 4.42 Å². The topological polar surface area (TPSA) is 89.2 Å². The molecule has 3 aromatic rings. The molecular weight excluding hydrogens is 308 g/mol. The summed E-state index contributed by atoms with van der Waals surface area (Å²) in [5.74, 6) is 0.192. The predicted molar refractivity (Wildman–Crippen MR) is 89.7 cm³/mol. The molecule has 0 aliphatic rings. The molecule has 0 unspecified atom stereocenters. The molecule has 124 valence electrons. The summed E-state index contributed by atoms with van der Waals surface area (Å²) in [6.45, 7) is 2.91. The maximum Gasteiger partial charge on any atom is 0.286 e. The molecule has 0 aliphatic heterocycles. The van der Waals surface area contributed by atoms with E-state index < -0.39 is 0 Å². The third kappa shape index (κ3) is 3.29. The Labute approximate surface area is 138 Å². The molecule has 0 saturated carbocycles. The molecule has 7 nitrogen and oxygen atoms in total. The molecule has 1 aromatic carbocycles. The number of carbonyl (C=O) groups is 2. The van der Waals surface area contributed by atoms with Crippen LogP contribution in [0.15, 0.2) is 47.1 Å². The van der Waals surface area contributed by atoms with Crippen molar-refractivity contribution in [2.24, 2.45) is 0 Å². The number of benzene rings is 1. The number of hydrogen-bond acceptors (Lipinski definition) is 4. The maximum absolute atomic E-state index is 12.1. The van der Waals surface area contributed by atoms with Crippen molar-refractivity contribution < 1.29 is 14.0 Å². The van der Waals surface area contributed by atoms with Gasteiger partial charge in [0.2, 0.25) is 11.9 Å². The minimum atomic E-state index is -0.339. The Hall–Kier alpha value is -3.09. The lowest BCUT2D eigenvalue weighted by molar-refractivity contribution is -0.116. The van der Waals surface area contributed by atoms with Crippen LogP contribution < -0.4 is 10.6 Å². The minimum absolute atomic E-state index is 0.152. The van der Waals surface area contributed by atoms with Crippen LogP contribution in [0.2, 0.25) is 0 Å². The maximum atomic E-state index is 12.1. The molecule has 3 rings (SSSR count). The zero-order valence-corrected chi connectivity index (χ0v) is 13.3. The lowest BCUT2D eigenvalue weighted by atomic mass is 10.3. The second-order valence-corrected chi connectivity index (χ2v) is 5.20. The normalized spacial score (nSPS) is 10.7. The van der Waals surface area contributed by atoms with Gasteiger partial charge in [0.25, 0.3) is 5.91 Å². The van der Waals surface area contributed by atoms with Gasteiger partial charge in [-0.05, 0) is 31.2 Å². The van der Waals surface area contributed by atoms with Crippen LogP contribution in [0, 0.1) is 0 Å². The van der Waals surface area contributed by atoms with Crippen molar-refractivity contribution in [3.8, 4) is 0 Å². The number of nitrogens with one attached hydrogen (secondary N) is 2. The number of imidazole rings is 1. The fraction of sp³-hybridized carbons (Fsp3) is 0.235. The van der Waals surface area contributed by atoms with E-state index in [-0.39, 0.29) is 30.5 Å². The van der Waals surface area contributed by atoms with Gasteiger partial charge < -0.3 is 14.3 Å². The van der Waals surface area contributed by atoms with Crippen molar-refractivity contribution in [3.05, 3.63) is 48.4 Å². The molecule has 0 bridgehead atoms. The van der Waals surface area contributed by atoms with Crippen molar-refractivity contribution >= 4 is 28.8 Å². The number of rotatable bonds is 6. The highest BCUT2D eigenvalue weighted by Crippen LogP contribution is 2.19. The van der Waals surface area contributed by atoms with Crippen LogP contribution in [0.3, 0.4) is 0 Å². The first kappa shape index (κ1) is 15.8. The van der Waals surface area contributed by atoms with Gasteiger partial charge in [0.15, 0.2) is 5.76 Å². The van der Waals surface area contributed by atoms with Gasteiger partial charge in [-0.25, -0.2) is 4.98 Å². The summed E-state index contributed by atoms with van der Waals surface area (Å²) in [5, 5.41) is 5.43. The lowest BCUT2D eigenvalue weighted by Gasteiger charge is -2.08. The van der Waals surface area contributed by atoms with E-state index in [1.165, 1.54) is 6.26 Å². The largest absolute Gasteiger partial charge is 0.459 e. The number of aryl methyl sites for hydroxylation is 1. The van der Waals surface area contributed by atoms with E-state index in [0.717, 1.165) is 11.0 Å². The highest BCUT2D eigenvalue weighted by molar-refractivity contribution is 5.93. The number of carbonyl (C=O) groups excluding carboxylic acids is 2. The van der Waals surface area contributed by atoms with Gasteiger partial charge in [0, 0.05) is 19.5 Å². The van der Waals surface area contributed by atoms with Crippen LogP contribution in [0.25, 0.3) is 11.0 Å².